The number of pyridine rings is 1. The zero-order valence-corrected chi connectivity index (χ0v) is 23.1. The molecule has 4 aromatic rings. The fourth-order valence-corrected chi connectivity index (χ4v) is 7.05. The summed E-state index contributed by atoms with van der Waals surface area (Å²) in [5.74, 6) is 0.0471. The van der Waals surface area contributed by atoms with E-state index in [4.69, 9.17) is 11.6 Å². The number of aromatic nitrogens is 1. The summed E-state index contributed by atoms with van der Waals surface area (Å²) in [6.45, 7) is 3.93. The van der Waals surface area contributed by atoms with E-state index in [1.807, 2.05) is 48.8 Å². The summed E-state index contributed by atoms with van der Waals surface area (Å²) in [7, 11) is 2.24. The predicted molar refractivity (Wildman–Crippen MR) is 155 cm³/mol. The van der Waals surface area contributed by atoms with Gasteiger partial charge in [-0.2, -0.15) is 0 Å². The van der Waals surface area contributed by atoms with Gasteiger partial charge in [-0.05, 0) is 86.7 Å². The number of carbonyl (C=O) groups excluding carboxylic acids is 1. The topological polar surface area (TPSA) is 36.4 Å². The summed E-state index contributed by atoms with van der Waals surface area (Å²) in [6.07, 6.45) is 9.04. The number of hydrogen-bond donors (Lipinski definition) is 0. The third-order valence-electron chi connectivity index (χ3n) is 7.59. The van der Waals surface area contributed by atoms with Crippen molar-refractivity contribution in [1.29, 1.82) is 0 Å². The highest BCUT2D eigenvalue weighted by Gasteiger charge is 2.32. The van der Waals surface area contributed by atoms with Crippen LogP contribution in [0.4, 0.5) is 0 Å². The Morgan fingerprint density at radius 1 is 0.973 bits per heavy atom. The Morgan fingerprint density at radius 2 is 1.70 bits per heavy atom. The molecule has 5 rings (SSSR count). The largest absolute Gasteiger partial charge is 0.331 e. The van der Waals surface area contributed by atoms with Crippen LogP contribution in [0.15, 0.2) is 73.1 Å². The molecule has 1 amide bonds. The number of thiophene rings is 1. The molecule has 1 aliphatic rings. The first kappa shape index (κ1) is 25.9. The van der Waals surface area contributed by atoms with Gasteiger partial charge in [0.05, 0.1) is 5.02 Å². The molecule has 1 fully saturated rings. The minimum atomic E-state index is 0.0471. The number of amides is 1. The van der Waals surface area contributed by atoms with Crippen LogP contribution in [0.1, 0.15) is 54.3 Å². The van der Waals surface area contributed by atoms with E-state index >= 15 is 0 Å². The molecular weight excluding hydrogens is 498 g/mol. The molecule has 2 heterocycles. The highest BCUT2D eigenvalue weighted by atomic mass is 35.5. The van der Waals surface area contributed by atoms with Crippen LogP contribution in [0.5, 0.6) is 0 Å². The Labute approximate surface area is 228 Å². The molecule has 0 unspecified atom stereocenters. The van der Waals surface area contributed by atoms with Crippen molar-refractivity contribution >= 4 is 38.9 Å². The molecule has 1 aliphatic carbocycles. The van der Waals surface area contributed by atoms with Crippen LogP contribution < -0.4 is 0 Å². The molecule has 0 radical (unpaired) electrons. The van der Waals surface area contributed by atoms with Gasteiger partial charge in [-0.3, -0.25) is 9.78 Å². The number of benzene rings is 2. The van der Waals surface area contributed by atoms with E-state index in [-0.39, 0.29) is 11.9 Å². The van der Waals surface area contributed by atoms with Crippen molar-refractivity contribution in [2.45, 2.75) is 57.7 Å². The van der Waals surface area contributed by atoms with Gasteiger partial charge in [-0.25, -0.2) is 0 Å². The summed E-state index contributed by atoms with van der Waals surface area (Å²) >= 11 is 8.30. The van der Waals surface area contributed by atoms with E-state index in [0.717, 1.165) is 59.0 Å². The first-order chi connectivity index (χ1) is 18.0. The van der Waals surface area contributed by atoms with Gasteiger partial charge in [-0.1, -0.05) is 54.9 Å². The molecule has 0 N–H and O–H groups in total. The maximum absolute atomic E-state index is 14.1. The summed E-state index contributed by atoms with van der Waals surface area (Å²) in [6, 6.07) is 21.4. The van der Waals surface area contributed by atoms with Crippen LogP contribution in [0.25, 0.3) is 21.2 Å². The molecule has 0 saturated heterocycles. The van der Waals surface area contributed by atoms with Crippen LogP contribution in [0.2, 0.25) is 5.02 Å². The number of carbonyl (C=O) groups is 1. The van der Waals surface area contributed by atoms with E-state index in [1.54, 1.807) is 0 Å². The lowest BCUT2D eigenvalue weighted by Gasteiger charge is -2.39. The van der Waals surface area contributed by atoms with Crippen molar-refractivity contribution in [3.05, 3.63) is 88.5 Å². The second kappa shape index (κ2) is 11.8. The maximum atomic E-state index is 14.1. The number of hydrogen-bond acceptors (Lipinski definition) is 4. The van der Waals surface area contributed by atoms with Gasteiger partial charge < -0.3 is 9.80 Å². The molecule has 37 heavy (non-hydrogen) atoms. The summed E-state index contributed by atoms with van der Waals surface area (Å²) in [5, 5.41) is 1.54. The lowest BCUT2D eigenvalue weighted by atomic mass is 9.88. The van der Waals surface area contributed by atoms with Gasteiger partial charge >= 0.3 is 0 Å². The number of halogens is 1. The van der Waals surface area contributed by atoms with Crippen molar-refractivity contribution in [2.24, 2.45) is 0 Å². The fraction of sp³-hybridized carbons (Fsp3) is 0.355. The van der Waals surface area contributed by atoms with Gasteiger partial charge in [0.2, 0.25) is 0 Å². The molecular formula is C31H34ClN3OS. The minimum absolute atomic E-state index is 0.0471. The number of fused-ring (bicyclic) bond motifs is 1. The van der Waals surface area contributed by atoms with Gasteiger partial charge in [0, 0.05) is 41.1 Å². The molecule has 6 heteroatoms. The van der Waals surface area contributed by atoms with Crippen LogP contribution in [0.3, 0.4) is 0 Å². The Bertz CT molecular complexity index is 1350. The SMILES string of the molecule is CCCN(C)C1CCC(N(Cc2cccc(-c3ccncc3)c2)C(=O)c2sc3ccccc3c2Cl)CC1. The quantitative estimate of drug-likeness (QED) is 0.232. The van der Waals surface area contributed by atoms with E-state index in [1.165, 1.54) is 17.8 Å². The van der Waals surface area contributed by atoms with Crippen LogP contribution in [0, 0.1) is 0 Å². The first-order valence-corrected chi connectivity index (χ1v) is 14.4. The smallest absolute Gasteiger partial charge is 0.266 e. The molecule has 2 aromatic heterocycles. The van der Waals surface area contributed by atoms with Crippen molar-refractivity contribution in [1.82, 2.24) is 14.8 Å². The first-order valence-electron chi connectivity index (χ1n) is 13.2. The van der Waals surface area contributed by atoms with Crippen LogP contribution in [-0.4, -0.2) is 46.4 Å². The number of rotatable bonds is 8. The second-order valence-electron chi connectivity index (χ2n) is 10.1. The van der Waals surface area contributed by atoms with Crippen molar-refractivity contribution in [2.75, 3.05) is 13.6 Å². The lowest BCUT2D eigenvalue weighted by Crippen LogP contribution is -2.45. The predicted octanol–water partition coefficient (Wildman–Crippen LogP) is 7.91. The van der Waals surface area contributed by atoms with Gasteiger partial charge in [0.25, 0.3) is 5.91 Å². The average Bonchev–Trinajstić information content (AvgIpc) is 3.28. The maximum Gasteiger partial charge on any atom is 0.266 e. The van der Waals surface area contributed by atoms with Gasteiger partial charge in [0.15, 0.2) is 0 Å². The molecule has 0 spiro atoms. The van der Waals surface area contributed by atoms with E-state index in [0.29, 0.717) is 22.5 Å². The molecule has 1 saturated carbocycles. The Kier molecular flexibility index (Phi) is 8.23. The Hall–Kier alpha value is -2.73. The van der Waals surface area contributed by atoms with Crippen molar-refractivity contribution in [3.8, 4) is 11.1 Å². The third kappa shape index (κ3) is 5.74. The normalized spacial score (nSPS) is 17.8. The zero-order valence-electron chi connectivity index (χ0n) is 21.6. The van der Waals surface area contributed by atoms with Crippen LogP contribution in [-0.2, 0) is 6.54 Å². The molecule has 0 bridgehead atoms. The standard InChI is InChI=1S/C31H34ClN3OS/c1-3-19-34(2)25-11-13-26(14-12-25)35(31(36)30-29(32)27-9-4-5-10-28(27)37-30)21-22-7-6-8-24(20-22)23-15-17-33-18-16-23/h4-10,15-18,20,25-26H,3,11-14,19,21H2,1-2H3. The molecule has 0 atom stereocenters. The highest BCUT2D eigenvalue weighted by molar-refractivity contribution is 7.21. The van der Waals surface area contributed by atoms with Crippen molar-refractivity contribution < 1.29 is 4.79 Å². The average molecular weight is 532 g/mol. The van der Waals surface area contributed by atoms with E-state index < -0.39 is 0 Å². The highest BCUT2D eigenvalue weighted by Crippen LogP contribution is 2.38. The fourth-order valence-electron chi connectivity index (χ4n) is 5.58. The number of nitrogens with zero attached hydrogens (tertiary/aromatic N) is 3. The third-order valence-corrected chi connectivity index (χ3v) is 9.25. The zero-order chi connectivity index (χ0) is 25.8. The second-order valence-corrected chi connectivity index (χ2v) is 11.5. The van der Waals surface area contributed by atoms with Crippen LogP contribution >= 0.6 is 22.9 Å². The van der Waals surface area contributed by atoms with Crippen molar-refractivity contribution in [3.63, 3.8) is 0 Å². The molecule has 192 valence electrons. The Morgan fingerprint density at radius 3 is 2.43 bits per heavy atom. The molecule has 2 aromatic carbocycles. The monoisotopic (exact) mass is 531 g/mol. The van der Waals surface area contributed by atoms with E-state index in [9.17, 15) is 4.79 Å². The van der Waals surface area contributed by atoms with Gasteiger partial charge in [0.1, 0.15) is 4.88 Å². The van der Waals surface area contributed by atoms with Gasteiger partial charge in [-0.15, -0.1) is 11.3 Å². The minimum Gasteiger partial charge on any atom is -0.331 e. The summed E-state index contributed by atoms with van der Waals surface area (Å²) in [5.41, 5.74) is 3.39. The molecule has 0 aliphatic heterocycles. The van der Waals surface area contributed by atoms with E-state index in [2.05, 4.69) is 53.0 Å². The molecule has 4 nitrogen and oxygen atoms in total. The lowest BCUT2D eigenvalue weighted by molar-refractivity contribution is 0.0562. The summed E-state index contributed by atoms with van der Waals surface area (Å²) in [4.78, 5) is 23.5. The summed E-state index contributed by atoms with van der Waals surface area (Å²) < 4.78 is 1.06. The Balaban J connectivity index is 1.44.